The summed E-state index contributed by atoms with van der Waals surface area (Å²) < 4.78 is 1.43. The molecule has 114 valence electrons. The monoisotopic (exact) mass is 307 g/mol. The van der Waals surface area contributed by atoms with Gasteiger partial charge >= 0.3 is 5.69 Å². The van der Waals surface area contributed by atoms with Gasteiger partial charge in [-0.3, -0.25) is 14.3 Å². The number of unbranched alkanes of at least 4 members (excludes halogenated alkanes) is 1. The average molecular weight is 307 g/mol. The summed E-state index contributed by atoms with van der Waals surface area (Å²) in [6.07, 6.45) is 4.89. The first-order chi connectivity index (χ1) is 10.2. The summed E-state index contributed by atoms with van der Waals surface area (Å²) in [5.74, 6) is 0. The highest BCUT2D eigenvalue weighted by Crippen LogP contribution is 2.23. The molecule has 0 unspecified atom stereocenters. The minimum Gasteiger partial charge on any atom is -0.317 e. The summed E-state index contributed by atoms with van der Waals surface area (Å²) in [6, 6.07) is 1.98. The van der Waals surface area contributed by atoms with Gasteiger partial charge in [-0.15, -0.1) is 11.3 Å². The van der Waals surface area contributed by atoms with Crippen molar-refractivity contribution < 1.29 is 0 Å². The molecule has 0 amide bonds. The van der Waals surface area contributed by atoms with E-state index in [4.69, 9.17) is 0 Å². The minimum absolute atomic E-state index is 0.0193. The molecule has 0 aromatic carbocycles. The molecule has 1 saturated heterocycles. The number of hydrogen-bond acceptors (Lipinski definition) is 4. The number of aromatic nitrogens is 2. The molecule has 6 heteroatoms. The van der Waals surface area contributed by atoms with E-state index in [9.17, 15) is 9.59 Å². The molecule has 2 N–H and O–H groups in total. The molecule has 3 rings (SSSR count). The van der Waals surface area contributed by atoms with Crippen LogP contribution in [0.4, 0.5) is 0 Å². The van der Waals surface area contributed by atoms with Crippen molar-refractivity contribution in [1.29, 1.82) is 0 Å². The Balaban J connectivity index is 2.05. The van der Waals surface area contributed by atoms with Gasteiger partial charge in [0.05, 0.1) is 5.39 Å². The molecule has 1 fully saturated rings. The molecular weight excluding hydrogens is 286 g/mol. The molecule has 0 spiro atoms. The lowest BCUT2D eigenvalue weighted by Gasteiger charge is -2.23. The lowest BCUT2D eigenvalue weighted by atomic mass is 10.1. The molecule has 0 aliphatic carbocycles. The molecule has 5 nitrogen and oxygen atoms in total. The van der Waals surface area contributed by atoms with E-state index in [-0.39, 0.29) is 17.3 Å². The number of H-pyrrole nitrogens is 1. The number of piperidine rings is 1. The zero-order valence-corrected chi connectivity index (χ0v) is 13.1. The molecule has 21 heavy (non-hydrogen) atoms. The van der Waals surface area contributed by atoms with Crippen LogP contribution in [0.1, 0.15) is 43.5 Å². The molecule has 1 aliphatic heterocycles. The number of aryl methyl sites for hydroxylation is 1. The standard InChI is InChI=1S/C15H21N3O2S/c1-2-3-4-11-9-12-13(21-11)17-15(20)18(14(12)19)10-5-7-16-8-6-10/h9-10,16H,2-8H2,1H3,(H,17,20). The number of thiophene rings is 1. The number of nitrogens with zero attached hydrogens (tertiary/aromatic N) is 1. The van der Waals surface area contributed by atoms with Crippen LogP contribution in [0, 0.1) is 0 Å². The van der Waals surface area contributed by atoms with Crippen LogP contribution in [0.15, 0.2) is 15.7 Å². The largest absolute Gasteiger partial charge is 0.329 e. The summed E-state index contributed by atoms with van der Waals surface area (Å²) in [5, 5.41) is 3.93. The zero-order chi connectivity index (χ0) is 14.8. The third kappa shape index (κ3) is 2.82. The highest BCUT2D eigenvalue weighted by molar-refractivity contribution is 7.18. The Hall–Kier alpha value is -1.40. The maximum Gasteiger partial charge on any atom is 0.329 e. The first kappa shape index (κ1) is 14.5. The van der Waals surface area contributed by atoms with Crippen LogP contribution < -0.4 is 16.6 Å². The Morgan fingerprint density at radius 2 is 2.10 bits per heavy atom. The van der Waals surface area contributed by atoms with E-state index in [1.807, 2.05) is 6.07 Å². The molecule has 3 heterocycles. The van der Waals surface area contributed by atoms with Crippen molar-refractivity contribution in [3.63, 3.8) is 0 Å². The van der Waals surface area contributed by atoms with E-state index in [0.29, 0.717) is 5.39 Å². The Bertz CT molecular complexity index is 737. The fraction of sp³-hybridized carbons (Fsp3) is 0.600. The average Bonchev–Trinajstić information content (AvgIpc) is 2.89. The first-order valence-corrected chi connectivity index (χ1v) is 8.50. The van der Waals surface area contributed by atoms with Gasteiger partial charge in [-0.05, 0) is 44.8 Å². The number of aromatic amines is 1. The fourth-order valence-electron chi connectivity index (χ4n) is 2.94. The van der Waals surface area contributed by atoms with Gasteiger partial charge in [0.1, 0.15) is 4.83 Å². The van der Waals surface area contributed by atoms with Crippen LogP contribution in [0.2, 0.25) is 0 Å². The maximum atomic E-state index is 12.7. The summed E-state index contributed by atoms with van der Waals surface area (Å²) in [4.78, 5) is 29.7. The number of fused-ring (bicyclic) bond motifs is 1. The van der Waals surface area contributed by atoms with Crippen molar-refractivity contribution in [2.24, 2.45) is 0 Å². The van der Waals surface area contributed by atoms with Gasteiger partial charge in [0, 0.05) is 10.9 Å². The molecule has 0 radical (unpaired) electrons. The maximum absolute atomic E-state index is 12.7. The van der Waals surface area contributed by atoms with Gasteiger partial charge in [0.25, 0.3) is 5.56 Å². The molecule has 2 aromatic rings. The van der Waals surface area contributed by atoms with Gasteiger partial charge in [0.15, 0.2) is 0 Å². The second-order valence-electron chi connectivity index (χ2n) is 5.65. The predicted molar refractivity (Wildman–Crippen MR) is 86.5 cm³/mol. The normalized spacial score (nSPS) is 16.6. The van der Waals surface area contributed by atoms with Crippen LogP contribution in [0.25, 0.3) is 10.2 Å². The highest BCUT2D eigenvalue weighted by Gasteiger charge is 2.20. The quantitative estimate of drug-likeness (QED) is 0.908. The topological polar surface area (TPSA) is 66.9 Å². The second kappa shape index (κ2) is 6.15. The lowest BCUT2D eigenvalue weighted by Crippen LogP contribution is -2.41. The molecular formula is C15H21N3O2S. The summed E-state index contributed by atoms with van der Waals surface area (Å²) in [7, 11) is 0. The van der Waals surface area contributed by atoms with E-state index >= 15 is 0 Å². The Labute approximate surface area is 127 Å². The summed E-state index contributed by atoms with van der Waals surface area (Å²) in [5.41, 5.74) is -0.386. The molecule has 0 bridgehead atoms. The SMILES string of the molecule is CCCCc1cc2c(=O)n(C3CCNCC3)c(=O)[nH]c2s1. The van der Waals surface area contributed by atoms with Gasteiger partial charge < -0.3 is 5.32 Å². The fourth-order valence-corrected chi connectivity index (χ4v) is 4.02. The molecule has 1 aliphatic rings. The van der Waals surface area contributed by atoms with Gasteiger partial charge in [-0.25, -0.2) is 4.79 Å². The van der Waals surface area contributed by atoms with Crippen molar-refractivity contribution in [2.75, 3.05) is 13.1 Å². The van der Waals surface area contributed by atoms with Gasteiger partial charge in [0.2, 0.25) is 0 Å². The third-order valence-corrected chi connectivity index (χ3v) is 5.23. The molecule has 0 saturated carbocycles. The van der Waals surface area contributed by atoms with E-state index in [0.717, 1.165) is 50.0 Å². The summed E-state index contributed by atoms with van der Waals surface area (Å²) in [6.45, 7) is 3.87. The van der Waals surface area contributed by atoms with Crippen molar-refractivity contribution in [3.05, 3.63) is 31.8 Å². The van der Waals surface area contributed by atoms with E-state index < -0.39 is 0 Å². The van der Waals surface area contributed by atoms with E-state index in [1.54, 1.807) is 0 Å². The van der Waals surface area contributed by atoms with Gasteiger partial charge in [-0.2, -0.15) is 0 Å². The third-order valence-electron chi connectivity index (χ3n) is 4.12. The zero-order valence-electron chi connectivity index (χ0n) is 12.3. The van der Waals surface area contributed by atoms with E-state index in [1.165, 1.54) is 20.8 Å². The minimum atomic E-state index is -0.261. The second-order valence-corrected chi connectivity index (χ2v) is 6.78. The van der Waals surface area contributed by atoms with Crippen molar-refractivity contribution in [3.8, 4) is 0 Å². The highest BCUT2D eigenvalue weighted by atomic mass is 32.1. The van der Waals surface area contributed by atoms with Crippen LogP contribution in [0.3, 0.4) is 0 Å². The van der Waals surface area contributed by atoms with Crippen LogP contribution in [0.5, 0.6) is 0 Å². The predicted octanol–water partition coefficient (Wildman–Crippen LogP) is 2.02. The Morgan fingerprint density at radius 3 is 2.81 bits per heavy atom. The Kier molecular flexibility index (Phi) is 4.26. The van der Waals surface area contributed by atoms with E-state index in [2.05, 4.69) is 17.2 Å². The first-order valence-electron chi connectivity index (χ1n) is 7.68. The number of rotatable bonds is 4. The van der Waals surface area contributed by atoms with Crippen LogP contribution in [-0.2, 0) is 6.42 Å². The summed E-state index contributed by atoms with van der Waals surface area (Å²) >= 11 is 1.54. The molecule has 2 aromatic heterocycles. The Morgan fingerprint density at radius 1 is 1.33 bits per heavy atom. The lowest BCUT2D eigenvalue weighted by molar-refractivity contribution is 0.352. The van der Waals surface area contributed by atoms with Crippen molar-refractivity contribution in [1.82, 2.24) is 14.9 Å². The smallest absolute Gasteiger partial charge is 0.317 e. The van der Waals surface area contributed by atoms with Crippen LogP contribution >= 0.6 is 11.3 Å². The number of nitrogens with one attached hydrogen (secondary N) is 2. The molecule has 0 atom stereocenters. The van der Waals surface area contributed by atoms with Gasteiger partial charge in [-0.1, -0.05) is 13.3 Å². The van der Waals surface area contributed by atoms with Crippen molar-refractivity contribution >= 4 is 21.6 Å². The number of hydrogen-bond donors (Lipinski definition) is 2. The van der Waals surface area contributed by atoms with Crippen molar-refractivity contribution in [2.45, 2.75) is 45.1 Å². The van der Waals surface area contributed by atoms with Crippen LogP contribution in [-0.4, -0.2) is 22.6 Å².